The summed E-state index contributed by atoms with van der Waals surface area (Å²) in [7, 11) is 0. The van der Waals surface area contributed by atoms with Crippen molar-refractivity contribution in [1.29, 1.82) is 0 Å². The van der Waals surface area contributed by atoms with Crippen molar-refractivity contribution in [3.05, 3.63) is 30.1 Å². The number of benzene rings is 1. The normalized spacial score (nSPS) is 13.1. The van der Waals surface area contributed by atoms with E-state index in [1.165, 1.54) is 24.2 Å². The Morgan fingerprint density at radius 3 is 2.83 bits per heavy atom. The molecule has 2 nitrogen and oxygen atoms in total. The van der Waals surface area contributed by atoms with Gasteiger partial charge in [-0.25, -0.2) is 4.98 Å². The monoisotopic (exact) mass is 308 g/mol. The summed E-state index contributed by atoms with van der Waals surface area (Å²) in [5, 5.41) is 0. The second-order valence-electron chi connectivity index (χ2n) is 4.84. The van der Waals surface area contributed by atoms with Gasteiger partial charge in [0, 0.05) is 17.8 Å². The van der Waals surface area contributed by atoms with Crippen molar-refractivity contribution in [3.63, 3.8) is 0 Å². The lowest BCUT2D eigenvalue weighted by Crippen LogP contribution is -2.04. The number of alkyl halides is 1. The molecule has 98 valence electrons. The molecule has 0 saturated carbocycles. The first-order chi connectivity index (χ1) is 8.72. The van der Waals surface area contributed by atoms with Crippen molar-refractivity contribution in [2.45, 2.75) is 50.9 Å². The molecular formula is C15H21BrN2. The molecule has 1 aromatic carbocycles. The molecule has 2 rings (SSSR count). The highest BCUT2D eigenvalue weighted by Crippen LogP contribution is 2.19. The average molecular weight is 309 g/mol. The van der Waals surface area contributed by atoms with Gasteiger partial charge in [0.15, 0.2) is 0 Å². The SMILES string of the molecule is CCCn1c(CCCC(C)Br)nc2ccccc21. The predicted octanol–water partition coefficient (Wildman–Crippen LogP) is 4.55. The Morgan fingerprint density at radius 1 is 1.33 bits per heavy atom. The number of fused-ring (bicyclic) bond motifs is 1. The van der Waals surface area contributed by atoms with Crippen LogP contribution in [0.3, 0.4) is 0 Å². The first-order valence-corrected chi connectivity index (χ1v) is 7.72. The van der Waals surface area contributed by atoms with E-state index in [9.17, 15) is 0 Å². The van der Waals surface area contributed by atoms with Crippen molar-refractivity contribution in [1.82, 2.24) is 9.55 Å². The fourth-order valence-corrected chi connectivity index (χ4v) is 2.65. The standard InChI is InChI=1S/C15H21BrN2/c1-3-11-18-14-9-5-4-8-13(14)17-15(18)10-6-7-12(2)16/h4-5,8-9,12H,3,6-7,10-11H2,1-2H3. The van der Waals surface area contributed by atoms with E-state index >= 15 is 0 Å². The molecule has 1 atom stereocenters. The number of aryl methyl sites for hydroxylation is 2. The third-order valence-corrected chi connectivity index (χ3v) is 3.64. The molecule has 1 aromatic heterocycles. The predicted molar refractivity (Wildman–Crippen MR) is 81.4 cm³/mol. The van der Waals surface area contributed by atoms with Gasteiger partial charge in [-0.05, 0) is 31.4 Å². The van der Waals surface area contributed by atoms with Gasteiger partial charge in [-0.3, -0.25) is 0 Å². The molecule has 0 spiro atoms. The van der Waals surface area contributed by atoms with E-state index in [1.54, 1.807) is 0 Å². The zero-order valence-electron chi connectivity index (χ0n) is 11.2. The summed E-state index contributed by atoms with van der Waals surface area (Å²) < 4.78 is 2.38. The zero-order chi connectivity index (χ0) is 13.0. The molecule has 2 aromatic rings. The second-order valence-corrected chi connectivity index (χ2v) is 6.40. The highest BCUT2D eigenvalue weighted by atomic mass is 79.9. The second kappa shape index (κ2) is 6.37. The maximum absolute atomic E-state index is 4.78. The summed E-state index contributed by atoms with van der Waals surface area (Å²) in [6, 6.07) is 8.45. The molecule has 0 saturated heterocycles. The van der Waals surface area contributed by atoms with Crippen molar-refractivity contribution in [3.8, 4) is 0 Å². The molecule has 1 unspecified atom stereocenters. The third kappa shape index (κ3) is 3.14. The number of nitrogens with zero attached hydrogens (tertiary/aromatic N) is 2. The molecule has 0 aliphatic carbocycles. The maximum atomic E-state index is 4.78. The molecule has 0 fully saturated rings. The lowest BCUT2D eigenvalue weighted by atomic mass is 10.2. The van der Waals surface area contributed by atoms with Gasteiger partial charge >= 0.3 is 0 Å². The summed E-state index contributed by atoms with van der Waals surface area (Å²) in [5.41, 5.74) is 2.41. The maximum Gasteiger partial charge on any atom is 0.109 e. The molecule has 0 bridgehead atoms. The van der Waals surface area contributed by atoms with Crippen molar-refractivity contribution < 1.29 is 0 Å². The lowest BCUT2D eigenvalue weighted by molar-refractivity contribution is 0.625. The quantitative estimate of drug-likeness (QED) is 0.716. The topological polar surface area (TPSA) is 17.8 Å². The number of hydrogen-bond donors (Lipinski definition) is 0. The lowest BCUT2D eigenvalue weighted by Gasteiger charge is -2.08. The van der Waals surface area contributed by atoms with Gasteiger partial charge in [-0.15, -0.1) is 0 Å². The minimum absolute atomic E-state index is 0.599. The van der Waals surface area contributed by atoms with Gasteiger partial charge in [0.05, 0.1) is 11.0 Å². The summed E-state index contributed by atoms with van der Waals surface area (Å²) in [6.07, 6.45) is 4.63. The number of hydrogen-bond acceptors (Lipinski definition) is 1. The molecule has 18 heavy (non-hydrogen) atoms. The Bertz CT molecular complexity index is 502. The summed E-state index contributed by atoms with van der Waals surface area (Å²) in [5.74, 6) is 1.24. The van der Waals surface area contributed by atoms with Crippen LogP contribution in [0, 0.1) is 0 Å². The van der Waals surface area contributed by atoms with Crippen LogP contribution >= 0.6 is 15.9 Å². The fraction of sp³-hybridized carbons (Fsp3) is 0.533. The number of imidazole rings is 1. The molecule has 0 radical (unpaired) electrons. The smallest absolute Gasteiger partial charge is 0.109 e. The van der Waals surface area contributed by atoms with E-state index < -0.39 is 0 Å². The molecule has 0 aliphatic heterocycles. The van der Waals surface area contributed by atoms with Gasteiger partial charge in [0.25, 0.3) is 0 Å². The van der Waals surface area contributed by atoms with E-state index in [1.807, 2.05) is 0 Å². The van der Waals surface area contributed by atoms with Crippen LogP contribution in [-0.2, 0) is 13.0 Å². The minimum atomic E-state index is 0.599. The number of halogens is 1. The first-order valence-electron chi connectivity index (χ1n) is 6.80. The Labute approximate surface area is 118 Å². The Kier molecular flexibility index (Phi) is 4.81. The van der Waals surface area contributed by atoms with Crippen molar-refractivity contribution in [2.75, 3.05) is 0 Å². The van der Waals surface area contributed by atoms with E-state index in [0.717, 1.165) is 24.9 Å². The van der Waals surface area contributed by atoms with E-state index in [-0.39, 0.29) is 0 Å². The Morgan fingerprint density at radius 2 is 2.11 bits per heavy atom. The minimum Gasteiger partial charge on any atom is -0.328 e. The highest BCUT2D eigenvalue weighted by Gasteiger charge is 2.09. The highest BCUT2D eigenvalue weighted by molar-refractivity contribution is 9.09. The van der Waals surface area contributed by atoms with Crippen LogP contribution in [0.25, 0.3) is 11.0 Å². The zero-order valence-corrected chi connectivity index (χ0v) is 12.8. The molecular weight excluding hydrogens is 288 g/mol. The van der Waals surface area contributed by atoms with Crippen LogP contribution in [0.2, 0.25) is 0 Å². The molecule has 1 heterocycles. The largest absolute Gasteiger partial charge is 0.328 e. The van der Waals surface area contributed by atoms with Crippen molar-refractivity contribution >= 4 is 27.0 Å². The molecule has 0 amide bonds. The Hall–Kier alpha value is -0.830. The first kappa shape index (κ1) is 13.6. The van der Waals surface area contributed by atoms with Gasteiger partial charge in [0.1, 0.15) is 5.82 Å². The Balaban J connectivity index is 2.22. The van der Waals surface area contributed by atoms with Crippen LogP contribution in [0.5, 0.6) is 0 Å². The molecule has 0 N–H and O–H groups in total. The van der Waals surface area contributed by atoms with Gasteiger partial charge < -0.3 is 4.57 Å². The van der Waals surface area contributed by atoms with Crippen LogP contribution < -0.4 is 0 Å². The number of aromatic nitrogens is 2. The van der Waals surface area contributed by atoms with Crippen molar-refractivity contribution in [2.24, 2.45) is 0 Å². The summed E-state index contributed by atoms with van der Waals surface area (Å²) in [6.45, 7) is 5.49. The van der Waals surface area contributed by atoms with E-state index in [4.69, 9.17) is 4.98 Å². The number of rotatable bonds is 6. The number of para-hydroxylation sites is 2. The van der Waals surface area contributed by atoms with Crippen LogP contribution in [0.4, 0.5) is 0 Å². The fourth-order valence-electron chi connectivity index (χ4n) is 2.33. The molecule has 0 aliphatic rings. The van der Waals surface area contributed by atoms with Crippen LogP contribution in [0.15, 0.2) is 24.3 Å². The van der Waals surface area contributed by atoms with Gasteiger partial charge in [-0.1, -0.05) is 41.9 Å². The van der Waals surface area contributed by atoms with Gasteiger partial charge in [-0.2, -0.15) is 0 Å². The van der Waals surface area contributed by atoms with Crippen LogP contribution in [0.1, 0.15) is 38.9 Å². The van der Waals surface area contributed by atoms with Crippen LogP contribution in [-0.4, -0.2) is 14.4 Å². The van der Waals surface area contributed by atoms with E-state index in [0.29, 0.717) is 4.83 Å². The van der Waals surface area contributed by atoms with E-state index in [2.05, 4.69) is 58.6 Å². The molecule has 3 heteroatoms. The average Bonchev–Trinajstić information content (AvgIpc) is 2.68. The third-order valence-electron chi connectivity index (χ3n) is 3.18. The summed E-state index contributed by atoms with van der Waals surface area (Å²) in [4.78, 5) is 5.37. The van der Waals surface area contributed by atoms with Gasteiger partial charge in [0.2, 0.25) is 0 Å². The summed E-state index contributed by atoms with van der Waals surface area (Å²) >= 11 is 3.60.